The van der Waals surface area contributed by atoms with Crippen molar-refractivity contribution in [2.24, 2.45) is 0 Å². The molecule has 0 saturated carbocycles. The lowest BCUT2D eigenvalue weighted by atomic mass is 10.2. The molecule has 1 fully saturated rings. The molecule has 4 nitrogen and oxygen atoms in total. The van der Waals surface area contributed by atoms with Gasteiger partial charge in [-0.1, -0.05) is 6.08 Å². The fourth-order valence-corrected chi connectivity index (χ4v) is 1.86. The summed E-state index contributed by atoms with van der Waals surface area (Å²) in [6.45, 7) is 5.23. The van der Waals surface area contributed by atoms with E-state index in [-0.39, 0.29) is 6.17 Å². The molecule has 84 valence electrons. The second-order valence-electron chi connectivity index (χ2n) is 3.92. The molecule has 4 heteroatoms. The summed E-state index contributed by atoms with van der Waals surface area (Å²) in [5.41, 5.74) is 0.883. The van der Waals surface area contributed by atoms with Crippen molar-refractivity contribution >= 4 is 0 Å². The van der Waals surface area contributed by atoms with Gasteiger partial charge in [0.1, 0.15) is 0 Å². The van der Waals surface area contributed by atoms with Crippen molar-refractivity contribution < 1.29 is 9.84 Å². The van der Waals surface area contributed by atoms with Crippen LogP contribution in [0.3, 0.4) is 0 Å². The second kappa shape index (κ2) is 4.79. The smallest absolute Gasteiger partial charge is 0.0989 e. The SMILES string of the molecule is C[C@@H](O)C1=CC=CC(N2CCOCC2)N1. The van der Waals surface area contributed by atoms with Crippen molar-refractivity contribution in [3.05, 3.63) is 23.9 Å². The molecule has 2 rings (SSSR count). The standard InChI is InChI=1S/C11H18N2O2/c1-9(14)10-3-2-4-11(12-10)13-5-7-15-8-6-13/h2-4,9,11-12,14H,5-8H2,1H3/t9-,11?/m1/s1. The average Bonchev–Trinajstić information content (AvgIpc) is 2.30. The minimum atomic E-state index is -0.432. The Kier molecular flexibility index (Phi) is 3.41. The van der Waals surface area contributed by atoms with Crippen LogP contribution in [0, 0.1) is 0 Å². The van der Waals surface area contributed by atoms with Gasteiger partial charge in [0.25, 0.3) is 0 Å². The molecule has 0 spiro atoms. The molecule has 2 N–H and O–H groups in total. The van der Waals surface area contributed by atoms with Crippen LogP contribution in [-0.2, 0) is 4.74 Å². The van der Waals surface area contributed by atoms with Gasteiger partial charge in [-0.2, -0.15) is 0 Å². The summed E-state index contributed by atoms with van der Waals surface area (Å²) in [5, 5.41) is 12.8. The molecule has 1 saturated heterocycles. The Morgan fingerprint density at radius 2 is 2.27 bits per heavy atom. The van der Waals surface area contributed by atoms with Gasteiger partial charge in [0.15, 0.2) is 0 Å². The maximum Gasteiger partial charge on any atom is 0.0989 e. The van der Waals surface area contributed by atoms with Gasteiger partial charge < -0.3 is 15.2 Å². The van der Waals surface area contributed by atoms with Crippen molar-refractivity contribution in [2.45, 2.75) is 19.2 Å². The Labute approximate surface area is 90.2 Å². The molecule has 0 aliphatic carbocycles. The Morgan fingerprint density at radius 3 is 2.93 bits per heavy atom. The molecule has 0 aromatic rings. The third-order valence-corrected chi connectivity index (χ3v) is 2.77. The number of aliphatic hydroxyl groups excluding tert-OH is 1. The van der Waals surface area contributed by atoms with Crippen molar-refractivity contribution in [2.75, 3.05) is 26.3 Å². The Morgan fingerprint density at radius 1 is 1.53 bits per heavy atom. The first-order valence-corrected chi connectivity index (χ1v) is 5.42. The molecule has 1 unspecified atom stereocenters. The molecule has 2 heterocycles. The highest BCUT2D eigenvalue weighted by molar-refractivity contribution is 5.21. The van der Waals surface area contributed by atoms with Crippen LogP contribution in [0.2, 0.25) is 0 Å². The van der Waals surface area contributed by atoms with E-state index in [0.717, 1.165) is 32.0 Å². The summed E-state index contributed by atoms with van der Waals surface area (Å²) >= 11 is 0. The number of rotatable bonds is 2. The molecular weight excluding hydrogens is 192 g/mol. The Balaban J connectivity index is 1.95. The van der Waals surface area contributed by atoms with Crippen LogP contribution < -0.4 is 5.32 Å². The Hall–Kier alpha value is -0.840. The van der Waals surface area contributed by atoms with Gasteiger partial charge in [-0.25, -0.2) is 0 Å². The maximum absolute atomic E-state index is 9.49. The summed E-state index contributed by atoms with van der Waals surface area (Å²) in [6, 6.07) is 0. The first kappa shape index (κ1) is 10.7. The van der Waals surface area contributed by atoms with Gasteiger partial charge >= 0.3 is 0 Å². The first-order chi connectivity index (χ1) is 7.27. The van der Waals surface area contributed by atoms with E-state index in [1.165, 1.54) is 0 Å². The zero-order valence-corrected chi connectivity index (χ0v) is 9.02. The van der Waals surface area contributed by atoms with Crippen LogP contribution in [-0.4, -0.2) is 48.6 Å². The molecule has 2 aliphatic rings. The van der Waals surface area contributed by atoms with E-state index in [9.17, 15) is 5.11 Å². The van der Waals surface area contributed by atoms with Crippen LogP contribution >= 0.6 is 0 Å². The summed E-state index contributed by atoms with van der Waals surface area (Å²) in [5.74, 6) is 0. The molecule has 2 aliphatic heterocycles. The lowest BCUT2D eigenvalue weighted by Gasteiger charge is -2.35. The van der Waals surface area contributed by atoms with E-state index in [1.54, 1.807) is 6.92 Å². The van der Waals surface area contributed by atoms with Crippen molar-refractivity contribution in [1.82, 2.24) is 10.2 Å². The highest BCUT2D eigenvalue weighted by Gasteiger charge is 2.21. The zero-order valence-electron chi connectivity index (χ0n) is 9.02. The number of ether oxygens (including phenoxy) is 1. The number of nitrogens with one attached hydrogen (secondary N) is 1. The summed E-state index contributed by atoms with van der Waals surface area (Å²) in [6.07, 6.45) is 5.79. The van der Waals surface area contributed by atoms with Crippen LogP contribution in [0.5, 0.6) is 0 Å². The van der Waals surface area contributed by atoms with Gasteiger partial charge in [-0.05, 0) is 19.1 Å². The van der Waals surface area contributed by atoms with Crippen LogP contribution in [0.25, 0.3) is 0 Å². The first-order valence-electron chi connectivity index (χ1n) is 5.42. The third kappa shape index (κ3) is 2.59. The van der Waals surface area contributed by atoms with E-state index >= 15 is 0 Å². The van der Waals surface area contributed by atoms with Crippen LogP contribution in [0.15, 0.2) is 23.9 Å². The highest BCUT2D eigenvalue weighted by Crippen LogP contribution is 2.11. The van der Waals surface area contributed by atoms with Crippen LogP contribution in [0.1, 0.15) is 6.92 Å². The minimum absolute atomic E-state index is 0.198. The lowest BCUT2D eigenvalue weighted by Crippen LogP contribution is -2.50. The van der Waals surface area contributed by atoms with Gasteiger partial charge in [-0.3, -0.25) is 4.90 Å². The molecule has 2 atom stereocenters. The Bertz CT molecular complexity index is 268. The van der Waals surface area contributed by atoms with Gasteiger partial charge in [0, 0.05) is 18.8 Å². The quantitative estimate of drug-likeness (QED) is 0.677. The summed E-state index contributed by atoms with van der Waals surface area (Å²) in [4.78, 5) is 2.31. The minimum Gasteiger partial charge on any atom is -0.387 e. The number of allylic oxidation sites excluding steroid dienone is 2. The normalized spacial score (nSPS) is 29.5. The molecule has 0 aromatic carbocycles. The van der Waals surface area contributed by atoms with Crippen molar-refractivity contribution in [3.63, 3.8) is 0 Å². The summed E-state index contributed by atoms with van der Waals surface area (Å²) in [7, 11) is 0. The fraction of sp³-hybridized carbons (Fsp3) is 0.636. The monoisotopic (exact) mass is 210 g/mol. The molecular formula is C11H18N2O2. The van der Waals surface area contributed by atoms with E-state index in [4.69, 9.17) is 4.74 Å². The molecule has 15 heavy (non-hydrogen) atoms. The van der Waals surface area contributed by atoms with E-state index in [2.05, 4.69) is 16.3 Å². The van der Waals surface area contributed by atoms with E-state index < -0.39 is 6.10 Å². The molecule has 0 aromatic heterocycles. The van der Waals surface area contributed by atoms with Crippen molar-refractivity contribution in [1.29, 1.82) is 0 Å². The lowest BCUT2D eigenvalue weighted by molar-refractivity contribution is 0.0197. The predicted octanol–water partition coefficient (Wildman–Crippen LogP) is 0.0688. The summed E-state index contributed by atoms with van der Waals surface area (Å²) < 4.78 is 5.31. The van der Waals surface area contributed by atoms with Crippen molar-refractivity contribution in [3.8, 4) is 0 Å². The van der Waals surface area contributed by atoms with Gasteiger partial charge in [0.05, 0.1) is 25.5 Å². The number of morpholine rings is 1. The van der Waals surface area contributed by atoms with Gasteiger partial charge in [-0.15, -0.1) is 0 Å². The van der Waals surface area contributed by atoms with E-state index in [1.807, 2.05) is 12.2 Å². The maximum atomic E-state index is 9.49. The number of hydrogen-bond acceptors (Lipinski definition) is 4. The largest absolute Gasteiger partial charge is 0.387 e. The highest BCUT2D eigenvalue weighted by atomic mass is 16.5. The van der Waals surface area contributed by atoms with E-state index in [0.29, 0.717) is 0 Å². The zero-order chi connectivity index (χ0) is 10.7. The number of nitrogens with zero attached hydrogens (tertiary/aromatic N) is 1. The molecule has 0 radical (unpaired) electrons. The average molecular weight is 210 g/mol. The fourth-order valence-electron chi connectivity index (χ4n) is 1.86. The van der Waals surface area contributed by atoms with Crippen LogP contribution in [0.4, 0.5) is 0 Å². The predicted molar refractivity (Wildman–Crippen MR) is 58.2 cm³/mol. The molecule has 0 amide bonds. The topological polar surface area (TPSA) is 44.7 Å². The third-order valence-electron chi connectivity index (χ3n) is 2.77. The molecule has 0 bridgehead atoms. The number of dihydropyridines is 1. The second-order valence-corrected chi connectivity index (χ2v) is 3.92. The van der Waals surface area contributed by atoms with Gasteiger partial charge in [0.2, 0.25) is 0 Å². The number of hydrogen-bond donors (Lipinski definition) is 2. The number of aliphatic hydroxyl groups is 1.